The fourth-order valence-corrected chi connectivity index (χ4v) is 1.83. The lowest BCUT2D eigenvalue weighted by molar-refractivity contribution is -0.142. The molecular formula is C13H29NO2. The minimum Gasteiger partial charge on any atom is -0.481 e. The van der Waals surface area contributed by atoms with Crippen LogP contribution in [0.25, 0.3) is 0 Å². The maximum absolute atomic E-state index is 10.6. The number of carboxylic acid groups (broad SMARTS) is 1. The van der Waals surface area contributed by atoms with Gasteiger partial charge in [0.15, 0.2) is 0 Å². The summed E-state index contributed by atoms with van der Waals surface area (Å²) in [5.41, 5.74) is 0. The number of carboxylic acids is 1. The number of hydrogen-bond acceptors (Lipinski definition) is 2. The van der Waals surface area contributed by atoms with E-state index in [0.29, 0.717) is 6.04 Å². The summed E-state index contributed by atoms with van der Waals surface area (Å²) in [6, 6.07) is 0.561. The molecule has 2 N–H and O–H groups in total. The summed E-state index contributed by atoms with van der Waals surface area (Å²) in [7, 11) is 0. The molecule has 0 spiro atoms. The predicted octanol–water partition coefficient (Wildman–Crippen LogP) is 3.29. The van der Waals surface area contributed by atoms with E-state index in [4.69, 9.17) is 5.11 Å². The van der Waals surface area contributed by atoms with Gasteiger partial charge in [0.1, 0.15) is 0 Å². The van der Waals surface area contributed by atoms with E-state index < -0.39 is 5.97 Å². The third-order valence-electron chi connectivity index (χ3n) is 2.57. The molecule has 0 saturated heterocycles. The van der Waals surface area contributed by atoms with Gasteiger partial charge in [0, 0.05) is 6.04 Å². The van der Waals surface area contributed by atoms with Gasteiger partial charge in [0.2, 0.25) is 0 Å². The van der Waals surface area contributed by atoms with Crippen molar-refractivity contribution in [3.05, 3.63) is 0 Å². The second-order valence-electron chi connectivity index (χ2n) is 3.44. The highest BCUT2D eigenvalue weighted by molar-refractivity contribution is 5.70. The smallest absolute Gasteiger partial charge is 0.306 e. The average molecular weight is 231 g/mol. The fourth-order valence-electron chi connectivity index (χ4n) is 1.83. The Morgan fingerprint density at radius 1 is 1.12 bits per heavy atom. The molecule has 3 heteroatoms. The third kappa shape index (κ3) is 7.69. The minimum atomic E-state index is -0.620. The zero-order chi connectivity index (χ0) is 13.0. The van der Waals surface area contributed by atoms with Gasteiger partial charge in [-0.1, -0.05) is 34.6 Å². The highest BCUT2D eigenvalue weighted by Crippen LogP contribution is 2.24. The Morgan fingerprint density at radius 3 is 1.88 bits per heavy atom. The molecule has 0 amide bonds. The lowest BCUT2D eigenvalue weighted by Crippen LogP contribution is -2.34. The van der Waals surface area contributed by atoms with Crippen LogP contribution in [0.15, 0.2) is 0 Å². The summed E-state index contributed by atoms with van der Waals surface area (Å²) in [5.74, 6) is -0.704. The Balaban J connectivity index is 0. The molecule has 1 saturated carbocycles. The van der Waals surface area contributed by atoms with Crippen LogP contribution in [0.2, 0.25) is 0 Å². The number of hydrogen-bond donors (Lipinski definition) is 2. The molecule has 0 aromatic rings. The molecule has 0 unspecified atom stereocenters. The zero-order valence-electron chi connectivity index (χ0n) is 11.5. The van der Waals surface area contributed by atoms with Crippen molar-refractivity contribution in [3.8, 4) is 0 Å². The molecule has 0 aromatic carbocycles. The molecule has 3 nitrogen and oxygen atoms in total. The van der Waals surface area contributed by atoms with E-state index >= 15 is 0 Å². The predicted molar refractivity (Wildman–Crippen MR) is 69.8 cm³/mol. The maximum atomic E-state index is 10.6. The van der Waals surface area contributed by atoms with Gasteiger partial charge in [-0.25, -0.2) is 0 Å². The summed E-state index contributed by atoms with van der Waals surface area (Å²) in [5, 5.41) is 12.1. The molecule has 1 aliphatic rings. The van der Waals surface area contributed by atoms with Gasteiger partial charge in [-0.2, -0.15) is 0 Å². The molecule has 0 atom stereocenters. The highest BCUT2D eigenvalue weighted by atomic mass is 16.4. The van der Waals surface area contributed by atoms with Gasteiger partial charge in [-0.15, -0.1) is 0 Å². The van der Waals surface area contributed by atoms with Crippen molar-refractivity contribution in [2.24, 2.45) is 5.92 Å². The summed E-state index contributed by atoms with van der Waals surface area (Å²) in [6.45, 7) is 11.1. The zero-order valence-corrected chi connectivity index (χ0v) is 11.5. The van der Waals surface area contributed by atoms with Gasteiger partial charge in [-0.05, 0) is 32.2 Å². The Kier molecular flexibility index (Phi) is 13.9. The quantitative estimate of drug-likeness (QED) is 0.783. The van der Waals surface area contributed by atoms with Crippen LogP contribution >= 0.6 is 0 Å². The van der Waals surface area contributed by atoms with Crippen molar-refractivity contribution in [2.45, 2.75) is 66.3 Å². The van der Waals surface area contributed by atoms with Crippen LogP contribution < -0.4 is 5.32 Å². The summed E-state index contributed by atoms with van der Waals surface area (Å²) in [6.07, 6.45) is 3.72. The van der Waals surface area contributed by atoms with E-state index in [1.165, 1.54) is 0 Å². The molecule has 0 aliphatic heterocycles. The van der Waals surface area contributed by atoms with Crippen LogP contribution in [0, 0.1) is 5.92 Å². The summed E-state index contributed by atoms with van der Waals surface area (Å²) < 4.78 is 0. The van der Waals surface area contributed by atoms with E-state index in [-0.39, 0.29) is 5.92 Å². The Bertz CT molecular complexity index is 152. The first-order valence-corrected chi connectivity index (χ1v) is 6.70. The van der Waals surface area contributed by atoms with E-state index in [0.717, 1.165) is 32.2 Å². The van der Waals surface area contributed by atoms with E-state index in [1.54, 1.807) is 0 Å². The van der Waals surface area contributed by atoms with Gasteiger partial charge in [0.05, 0.1) is 5.92 Å². The Hall–Kier alpha value is -0.570. The molecule has 0 bridgehead atoms. The van der Waals surface area contributed by atoms with Crippen molar-refractivity contribution in [1.29, 1.82) is 0 Å². The van der Waals surface area contributed by atoms with E-state index in [9.17, 15) is 4.79 Å². The van der Waals surface area contributed by atoms with Crippen LogP contribution in [-0.4, -0.2) is 23.7 Å². The van der Waals surface area contributed by atoms with Crippen molar-refractivity contribution in [1.82, 2.24) is 5.32 Å². The number of rotatable bonds is 3. The third-order valence-corrected chi connectivity index (χ3v) is 2.57. The van der Waals surface area contributed by atoms with Crippen molar-refractivity contribution < 1.29 is 9.90 Å². The molecule has 0 radical (unpaired) electrons. The van der Waals surface area contributed by atoms with E-state index in [2.05, 4.69) is 12.2 Å². The Labute approximate surface area is 101 Å². The van der Waals surface area contributed by atoms with Crippen LogP contribution in [0.1, 0.15) is 60.3 Å². The number of nitrogens with one attached hydrogen (secondary N) is 1. The van der Waals surface area contributed by atoms with E-state index in [1.807, 2.05) is 27.7 Å². The van der Waals surface area contributed by atoms with Crippen molar-refractivity contribution >= 4 is 5.97 Å². The van der Waals surface area contributed by atoms with Gasteiger partial charge < -0.3 is 10.4 Å². The topological polar surface area (TPSA) is 49.3 Å². The van der Waals surface area contributed by atoms with Gasteiger partial charge in [-0.3, -0.25) is 4.79 Å². The maximum Gasteiger partial charge on any atom is 0.306 e. The highest BCUT2D eigenvalue weighted by Gasteiger charge is 2.24. The second kappa shape index (κ2) is 12.5. The van der Waals surface area contributed by atoms with Crippen LogP contribution in [0.5, 0.6) is 0 Å². The van der Waals surface area contributed by atoms with Crippen LogP contribution in [-0.2, 0) is 4.79 Å². The van der Waals surface area contributed by atoms with Gasteiger partial charge >= 0.3 is 5.97 Å². The van der Waals surface area contributed by atoms with Crippen LogP contribution in [0.3, 0.4) is 0 Å². The lowest BCUT2D eigenvalue weighted by Gasteiger charge is -2.26. The van der Waals surface area contributed by atoms with Crippen molar-refractivity contribution in [2.75, 3.05) is 6.54 Å². The molecule has 1 fully saturated rings. The first-order valence-electron chi connectivity index (χ1n) is 6.70. The van der Waals surface area contributed by atoms with Crippen LogP contribution in [0.4, 0.5) is 0 Å². The molecular weight excluding hydrogens is 202 g/mol. The molecule has 16 heavy (non-hydrogen) atoms. The van der Waals surface area contributed by atoms with Crippen molar-refractivity contribution in [3.63, 3.8) is 0 Å². The largest absolute Gasteiger partial charge is 0.481 e. The molecule has 0 aromatic heterocycles. The van der Waals surface area contributed by atoms with Gasteiger partial charge in [0.25, 0.3) is 0 Å². The molecule has 0 heterocycles. The minimum absolute atomic E-state index is 0.0834. The fraction of sp³-hybridized carbons (Fsp3) is 0.923. The monoisotopic (exact) mass is 231 g/mol. The summed E-state index contributed by atoms with van der Waals surface area (Å²) >= 11 is 0. The first-order chi connectivity index (χ1) is 7.74. The Morgan fingerprint density at radius 2 is 1.56 bits per heavy atom. The normalized spacial score (nSPS) is 23.3. The summed E-state index contributed by atoms with van der Waals surface area (Å²) in [4.78, 5) is 10.6. The molecule has 1 rings (SSSR count). The molecule has 98 valence electrons. The molecule has 1 aliphatic carbocycles. The first kappa shape index (κ1) is 17.8. The lowest BCUT2D eigenvalue weighted by atomic mass is 9.86. The average Bonchev–Trinajstić information content (AvgIpc) is 2.35. The SMILES string of the molecule is CC.CC.CCNC1CCC(C(=O)O)CC1. The standard InChI is InChI=1S/C9H17NO2.2C2H6/c1-2-10-8-5-3-7(4-6-8)9(11)12;2*1-2/h7-8,10H,2-6H2,1H3,(H,11,12);2*1-2H3. The number of carbonyl (C=O) groups is 1. The second-order valence-corrected chi connectivity index (χ2v) is 3.44. The number of aliphatic carboxylic acids is 1.